The average Bonchev–Trinajstić information content (AvgIpc) is 2.87. The van der Waals surface area contributed by atoms with Gasteiger partial charge >= 0.3 is 0 Å². The van der Waals surface area contributed by atoms with Crippen LogP contribution in [-0.2, 0) is 24.1 Å². The third kappa shape index (κ3) is 4.34. The Kier molecular flexibility index (Phi) is 6.06. The second-order valence-electron chi connectivity index (χ2n) is 10.3. The van der Waals surface area contributed by atoms with Crippen molar-refractivity contribution in [2.75, 3.05) is 31.1 Å². The van der Waals surface area contributed by atoms with Crippen LogP contribution in [-0.4, -0.2) is 47.0 Å². The van der Waals surface area contributed by atoms with Gasteiger partial charge in [0.1, 0.15) is 16.5 Å². The summed E-state index contributed by atoms with van der Waals surface area (Å²) in [6.45, 7) is 13.7. The van der Waals surface area contributed by atoms with Crippen LogP contribution < -0.4 is 4.90 Å². The molecule has 2 aliphatic rings. The highest BCUT2D eigenvalue weighted by Gasteiger charge is 2.31. The van der Waals surface area contributed by atoms with Gasteiger partial charge in [-0.25, -0.2) is 9.97 Å². The van der Waals surface area contributed by atoms with Gasteiger partial charge in [0, 0.05) is 42.9 Å². The zero-order valence-corrected chi connectivity index (χ0v) is 20.1. The molecule has 0 N–H and O–H groups in total. The quantitative estimate of drug-likeness (QED) is 0.656. The van der Waals surface area contributed by atoms with E-state index in [1.807, 2.05) is 37.0 Å². The molecule has 1 amide bonds. The lowest BCUT2D eigenvalue weighted by Gasteiger charge is -2.38. The molecule has 1 fully saturated rings. The minimum atomic E-state index is -0.320. The summed E-state index contributed by atoms with van der Waals surface area (Å²) < 4.78 is 0. The van der Waals surface area contributed by atoms with Crippen molar-refractivity contribution in [3.63, 3.8) is 0 Å². The topological polar surface area (TPSA) is 49.3 Å². The van der Waals surface area contributed by atoms with E-state index in [1.165, 1.54) is 46.3 Å². The lowest BCUT2D eigenvalue weighted by molar-refractivity contribution is -0.139. The van der Waals surface area contributed by atoms with E-state index in [9.17, 15) is 4.79 Å². The molecule has 0 radical (unpaired) electrons. The summed E-state index contributed by atoms with van der Waals surface area (Å²) in [5, 5.41) is 1.31. The number of carbonyl (C=O) groups excluding carboxylic acids is 1. The SMILES string of the molecule is CC(C)Cc1nc(N2CCN(C(=O)C(C)(C)C)CC2)c2c3c(sc2n1)CCCCC3. The summed E-state index contributed by atoms with van der Waals surface area (Å²) in [5.74, 6) is 2.88. The largest absolute Gasteiger partial charge is 0.352 e. The zero-order chi connectivity index (χ0) is 21.5. The van der Waals surface area contributed by atoms with Gasteiger partial charge in [0.15, 0.2) is 0 Å². The number of fused-ring (bicyclic) bond motifs is 3. The van der Waals surface area contributed by atoms with Gasteiger partial charge in [0.2, 0.25) is 5.91 Å². The van der Waals surface area contributed by atoms with Crippen molar-refractivity contribution in [3.8, 4) is 0 Å². The van der Waals surface area contributed by atoms with Crippen molar-refractivity contribution in [2.24, 2.45) is 11.3 Å². The maximum absolute atomic E-state index is 12.7. The molecule has 4 rings (SSSR count). The van der Waals surface area contributed by atoms with Gasteiger partial charge in [-0.3, -0.25) is 4.79 Å². The van der Waals surface area contributed by atoms with Crippen molar-refractivity contribution >= 4 is 33.3 Å². The Morgan fingerprint density at radius 2 is 1.73 bits per heavy atom. The second-order valence-corrected chi connectivity index (χ2v) is 11.4. The number of piperazine rings is 1. The molecule has 1 saturated heterocycles. The van der Waals surface area contributed by atoms with Crippen LogP contribution in [0.2, 0.25) is 0 Å². The van der Waals surface area contributed by atoms with Gasteiger partial charge in [-0.15, -0.1) is 11.3 Å². The van der Waals surface area contributed by atoms with Crippen molar-refractivity contribution in [1.29, 1.82) is 0 Å². The fourth-order valence-corrected chi connectivity index (χ4v) is 5.91. The minimum absolute atomic E-state index is 0.250. The van der Waals surface area contributed by atoms with Gasteiger partial charge in [-0.1, -0.05) is 41.0 Å². The number of aromatic nitrogens is 2. The first kappa shape index (κ1) is 21.5. The molecule has 2 aromatic rings. The van der Waals surface area contributed by atoms with E-state index in [4.69, 9.17) is 9.97 Å². The molecule has 1 aliphatic carbocycles. The monoisotopic (exact) mass is 428 g/mol. The molecule has 0 saturated carbocycles. The molecule has 2 aromatic heterocycles. The van der Waals surface area contributed by atoms with Crippen molar-refractivity contribution in [2.45, 2.75) is 73.1 Å². The Hall–Kier alpha value is -1.69. The van der Waals surface area contributed by atoms with Crippen LogP contribution in [0, 0.1) is 11.3 Å². The fraction of sp³-hybridized carbons (Fsp3) is 0.708. The predicted octanol–water partition coefficient (Wildman–Crippen LogP) is 4.85. The Labute approximate surface area is 184 Å². The molecular weight excluding hydrogens is 392 g/mol. The first-order chi connectivity index (χ1) is 14.2. The van der Waals surface area contributed by atoms with Gasteiger partial charge in [-0.05, 0) is 37.2 Å². The molecule has 30 heavy (non-hydrogen) atoms. The summed E-state index contributed by atoms with van der Waals surface area (Å²) >= 11 is 1.90. The Morgan fingerprint density at radius 1 is 1.03 bits per heavy atom. The highest BCUT2D eigenvalue weighted by molar-refractivity contribution is 7.19. The van der Waals surface area contributed by atoms with Crippen molar-refractivity contribution < 1.29 is 4.79 Å². The summed E-state index contributed by atoms with van der Waals surface area (Å²) in [5.41, 5.74) is 1.19. The standard InChI is InChI=1S/C24H36N4OS/c1-16(2)15-19-25-21(27-11-13-28(14-12-27)23(29)24(3,4)5)20-17-9-7-6-8-10-18(17)30-22(20)26-19/h16H,6-15H2,1-5H3. The number of anilines is 1. The molecule has 5 nitrogen and oxygen atoms in total. The molecular formula is C24H36N4OS. The molecule has 6 heteroatoms. The molecule has 3 heterocycles. The third-order valence-corrected chi connectivity index (χ3v) is 7.38. The lowest BCUT2D eigenvalue weighted by Crippen LogP contribution is -2.52. The Balaban J connectivity index is 1.68. The molecule has 0 spiro atoms. The smallest absolute Gasteiger partial charge is 0.228 e. The number of thiophene rings is 1. The first-order valence-corrected chi connectivity index (χ1v) is 12.4. The average molecular weight is 429 g/mol. The maximum Gasteiger partial charge on any atom is 0.228 e. The molecule has 0 bridgehead atoms. The normalized spacial score (nSPS) is 18.1. The van der Waals surface area contributed by atoms with E-state index in [2.05, 4.69) is 18.7 Å². The number of carbonyl (C=O) groups is 1. The van der Waals surface area contributed by atoms with Gasteiger partial charge in [0.05, 0.1) is 5.39 Å². The number of nitrogens with zero attached hydrogens (tertiary/aromatic N) is 4. The lowest BCUT2D eigenvalue weighted by atomic mass is 9.94. The van der Waals surface area contributed by atoms with E-state index in [-0.39, 0.29) is 11.3 Å². The maximum atomic E-state index is 12.7. The van der Waals surface area contributed by atoms with E-state index < -0.39 is 0 Å². The van der Waals surface area contributed by atoms with Crippen LogP contribution in [0.5, 0.6) is 0 Å². The van der Waals surface area contributed by atoms with Crippen molar-refractivity contribution in [3.05, 3.63) is 16.3 Å². The van der Waals surface area contributed by atoms with Gasteiger partial charge in [-0.2, -0.15) is 0 Å². The molecule has 0 atom stereocenters. The van der Waals surface area contributed by atoms with Crippen LogP contribution in [0.3, 0.4) is 0 Å². The number of rotatable bonds is 3. The van der Waals surface area contributed by atoms with Crippen LogP contribution in [0.25, 0.3) is 10.2 Å². The summed E-state index contributed by atoms with van der Waals surface area (Å²) in [6.07, 6.45) is 7.11. The first-order valence-electron chi connectivity index (χ1n) is 11.6. The van der Waals surface area contributed by atoms with Crippen LogP contribution in [0.15, 0.2) is 0 Å². The van der Waals surface area contributed by atoms with Crippen LogP contribution >= 0.6 is 11.3 Å². The fourth-order valence-electron chi connectivity index (χ4n) is 4.64. The molecule has 1 aliphatic heterocycles. The van der Waals surface area contributed by atoms with Crippen LogP contribution in [0.1, 0.15) is 70.1 Å². The second kappa shape index (κ2) is 8.45. The van der Waals surface area contributed by atoms with Gasteiger partial charge < -0.3 is 9.80 Å². The molecule has 0 aromatic carbocycles. The number of amides is 1. The minimum Gasteiger partial charge on any atom is -0.352 e. The molecule has 164 valence electrons. The summed E-state index contributed by atoms with van der Waals surface area (Å²) in [4.78, 5) is 30.0. The number of aryl methyl sites for hydroxylation is 2. The highest BCUT2D eigenvalue weighted by Crippen LogP contribution is 2.39. The summed E-state index contributed by atoms with van der Waals surface area (Å²) in [6, 6.07) is 0. The third-order valence-electron chi connectivity index (χ3n) is 6.19. The number of hydrogen-bond donors (Lipinski definition) is 0. The highest BCUT2D eigenvalue weighted by atomic mass is 32.1. The Morgan fingerprint density at radius 3 is 2.40 bits per heavy atom. The van der Waals surface area contributed by atoms with Gasteiger partial charge in [0.25, 0.3) is 0 Å². The van der Waals surface area contributed by atoms with E-state index in [0.717, 1.165) is 50.7 Å². The predicted molar refractivity (Wildman–Crippen MR) is 125 cm³/mol. The van der Waals surface area contributed by atoms with Crippen molar-refractivity contribution in [1.82, 2.24) is 14.9 Å². The summed E-state index contributed by atoms with van der Waals surface area (Å²) in [7, 11) is 0. The molecule has 0 unspecified atom stereocenters. The van der Waals surface area contributed by atoms with Crippen LogP contribution in [0.4, 0.5) is 5.82 Å². The number of hydrogen-bond acceptors (Lipinski definition) is 5. The van der Waals surface area contributed by atoms with E-state index >= 15 is 0 Å². The van der Waals surface area contributed by atoms with E-state index in [0.29, 0.717) is 5.92 Å². The zero-order valence-electron chi connectivity index (χ0n) is 19.3. The van der Waals surface area contributed by atoms with E-state index in [1.54, 1.807) is 0 Å². The Bertz CT molecular complexity index is 919.